The van der Waals surface area contributed by atoms with Crippen molar-refractivity contribution in [2.75, 3.05) is 20.6 Å². The number of nitrogens with two attached hydrogens (primary N) is 1. The number of nitrogens with one attached hydrogen (secondary N) is 1. The van der Waals surface area contributed by atoms with Crippen LogP contribution >= 0.6 is 0 Å². The number of nitrogens with zero attached hydrogens (tertiary/aromatic N) is 1. The Morgan fingerprint density at radius 3 is 2.47 bits per heavy atom. The minimum atomic E-state index is -3.48. The lowest BCUT2D eigenvalue weighted by Crippen LogP contribution is -2.38. The normalized spacial score (nSPS) is 15.5. The van der Waals surface area contributed by atoms with Gasteiger partial charge in [-0.1, -0.05) is 12.1 Å². The highest BCUT2D eigenvalue weighted by Crippen LogP contribution is 2.15. The fraction of sp³-hybridized carbons (Fsp3) is 0.538. The van der Waals surface area contributed by atoms with Crippen LogP contribution in [0.15, 0.2) is 29.2 Å². The van der Waals surface area contributed by atoms with Gasteiger partial charge in [-0.3, -0.25) is 0 Å². The molecular weight excluding hydrogens is 262 g/mol. The molecule has 108 valence electrons. The molecule has 0 heterocycles. The Labute approximate surface area is 115 Å². The zero-order valence-corrected chi connectivity index (χ0v) is 12.7. The van der Waals surface area contributed by atoms with Crippen molar-refractivity contribution in [3.05, 3.63) is 29.8 Å². The summed E-state index contributed by atoms with van der Waals surface area (Å²) in [6.07, 6.45) is 0. The fourth-order valence-corrected chi connectivity index (χ4v) is 2.64. The maximum absolute atomic E-state index is 12.2. The molecule has 1 aromatic rings. The Balaban J connectivity index is 2.86. The topological polar surface area (TPSA) is 75.4 Å². The molecule has 0 aliphatic rings. The van der Waals surface area contributed by atoms with E-state index in [1.807, 2.05) is 38.9 Å². The quantitative estimate of drug-likeness (QED) is 0.815. The number of rotatable bonds is 6. The van der Waals surface area contributed by atoms with Gasteiger partial charge in [0, 0.05) is 18.6 Å². The molecular formula is C13H23N3O2S. The van der Waals surface area contributed by atoms with E-state index in [1.165, 1.54) is 0 Å². The van der Waals surface area contributed by atoms with Crippen LogP contribution in [0, 0.1) is 0 Å². The number of likely N-dealkylation sites (N-methyl/N-ethyl adjacent to an activating group) is 1. The first kappa shape index (κ1) is 16.1. The number of hydrogen-bond donors (Lipinski definition) is 2. The standard InChI is InChI=1S/C13H23N3O2S/c1-10(16(3)4)9-15-19(17,18)13-7-5-6-12(8-13)11(2)14/h5-8,10-11,15H,9,14H2,1-4H3. The van der Waals surface area contributed by atoms with Gasteiger partial charge in [0.05, 0.1) is 4.90 Å². The molecule has 5 nitrogen and oxygen atoms in total. The van der Waals surface area contributed by atoms with Crippen molar-refractivity contribution >= 4 is 10.0 Å². The highest BCUT2D eigenvalue weighted by molar-refractivity contribution is 7.89. The average Bonchev–Trinajstić information content (AvgIpc) is 2.36. The summed E-state index contributed by atoms with van der Waals surface area (Å²) < 4.78 is 26.9. The molecule has 0 amide bonds. The second-order valence-electron chi connectivity index (χ2n) is 5.03. The molecule has 6 heteroatoms. The smallest absolute Gasteiger partial charge is 0.240 e. The largest absolute Gasteiger partial charge is 0.324 e. The molecule has 0 saturated heterocycles. The van der Waals surface area contributed by atoms with E-state index in [4.69, 9.17) is 5.73 Å². The second kappa shape index (κ2) is 6.47. The van der Waals surface area contributed by atoms with E-state index in [9.17, 15) is 8.42 Å². The summed E-state index contributed by atoms with van der Waals surface area (Å²) >= 11 is 0. The van der Waals surface area contributed by atoms with Crippen LogP contribution in [-0.2, 0) is 10.0 Å². The van der Waals surface area contributed by atoms with Crippen LogP contribution in [0.3, 0.4) is 0 Å². The summed E-state index contributed by atoms with van der Waals surface area (Å²) in [7, 11) is 0.348. The summed E-state index contributed by atoms with van der Waals surface area (Å²) in [6.45, 7) is 4.16. The third-order valence-electron chi connectivity index (χ3n) is 3.14. The van der Waals surface area contributed by atoms with Crippen LogP contribution in [0.2, 0.25) is 0 Å². The van der Waals surface area contributed by atoms with Gasteiger partial charge in [-0.2, -0.15) is 0 Å². The van der Waals surface area contributed by atoms with Crippen molar-refractivity contribution in [1.82, 2.24) is 9.62 Å². The summed E-state index contributed by atoms with van der Waals surface area (Å²) in [5, 5.41) is 0. The van der Waals surface area contributed by atoms with Crippen molar-refractivity contribution in [2.45, 2.75) is 30.8 Å². The van der Waals surface area contributed by atoms with E-state index < -0.39 is 10.0 Å². The Morgan fingerprint density at radius 2 is 1.95 bits per heavy atom. The molecule has 0 saturated carbocycles. The van der Waals surface area contributed by atoms with Gasteiger partial charge in [0.2, 0.25) is 10.0 Å². The summed E-state index contributed by atoms with van der Waals surface area (Å²) in [5.41, 5.74) is 6.57. The lowest BCUT2D eigenvalue weighted by molar-refractivity contribution is 0.314. The maximum Gasteiger partial charge on any atom is 0.240 e. The Kier molecular flexibility index (Phi) is 5.49. The third-order valence-corrected chi connectivity index (χ3v) is 4.57. The van der Waals surface area contributed by atoms with Crippen molar-refractivity contribution in [1.29, 1.82) is 0 Å². The van der Waals surface area contributed by atoms with E-state index in [0.29, 0.717) is 6.54 Å². The predicted molar refractivity (Wildman–Crippen MR) is 77.4 cm³/mol. The van der Waals surface area contributed by atoms with Gasteiger partial charge in [-0.05, 0) is 45.6 Å². The first-order chi connectivity index (χ1) is 8.74. The third kappa shape index (κ3) is 4.58. The Bertz CT molecular complexity index is 512. The zero-order valence-electron chi connectivity index (χ0n) is 11.9. The molecule has 2 unspecified atom stereocenters. The molecule has 3 N–H and O–H groups in total. The van der Waals surface area contributed by atoms with Gasteiger partial charge >= 0.3 is 0 Å². The molecule has 1 rings (SSSR count). The minimum Gasteiger partial charge on any atom is -0.324 e. The molecule has 0 aliphatic carbocycles. The number of hydrogen-bond acceptors (Lipinski definition) is 4. The molecule has 0 fully saturated rings. The van der Waals surface area contributed by atoms with Crippen LogP contribution < -0.4 is 10.5 Å². The highest BCUT2D eigenvalue weighted by Gasteiger charge is 2.16. The zero-order chi connectivity index (χ0) is 14.6. The first-order valence-electron chi connectivity index (χ1n) is 6.25. The Morgan fingerprint density at radius 1 is 1.32 bits per heavy atom. The van der Waals surface area contributed by atoms with Gasteiger partial charge in [-0.15, -0.1) is 0 Å². The van der Waals surface area contributed by atoms with Crippen molar-refractivity contribution in [3.8, 4) is 0 Å². The number of sulfonamides is 1. The predicted octanol–water partition coefficient (Wildman–Crippen LogP) is 0.935. The summed E-state index contributed by atoms with van der Waals surface area (Å²) in [4.78, 5) is 2.22. The maximum atomic E-state index is 12.2. The lowest BCUT2D eigenvalue weighted by atomic mass is 10.1. The summed E-state index contributed by atoms with van der Waals surface area (Å²) in [6, 6.07) is 6.68. The van der Waals surface area contributed by atoms with Gasteiger partial charge in [0.15, 0.2) is 0 Å². The molecule has 0 bridgehead atoms. The van der Waals surface area contributed by atoms with E-state index in [-0.39, 0.29) is 17.0 Å². The molecule has 0 aromatic heterocycles. The van der Waals surface area contributed by atoms with E-state index >= 15 is 0 Å². The highest BCUT2D eigenvalue weighted by atomic mass is 32.2. The Hall–Kier alpha value is -0.950. The SMILES string of the molecule is CC(N)c1cccc(S(=O)(=O)NCC(C)N(C)C)c1. The molecule has 2 atom stereocenters. The molecule has 1 aromatic carbocycles. The van der Waals surface area contributed by atoms with Crippen molar-refractivity contribution < 1.29 is 8.42 Å². The first-order valence-corrected chi connectivity index (χ1v) is 7.74. The van der Waals surface area contributed by atoms with Crippen LogP contribution in [0.4, 0.5) is 0 Å². The van der Waals surface area contributed by atoms with Crippen LogP contribution in [0.1, 0.15) is 25.5 Å². The fourth-order valence-electron chi connectivity index (χ4n) is 1.46. The monoisotopic (exact) mass is 285 g/mol. The second-order valence-corrected chi connectivity index (χ2v) is 6.79. The van der Waals surface area contributed by atoms with Gasteiger partial charge in [-0.25, -0.2) is 13.1 Å². The van der Waals surface area contributed by atoms with Gasteiger partial charge in [0.25, 0.3) is 0 Å². The molecule has 19 heavy (non-hydrogen) atoms. The molecule has 0 spiro atoms. The number of benzene rings is 1. The van der Waals surface area contributed by atoms with Gasteiger partial charge in [0.1, 0.15) is 0 Å². The van der Waals surface area contributed by atoms with Crippen molar-refractivity contribution in [2.24, 2.45) is 5.73 Å². The van der Waals surface area contributed by atoms with Crippen molar-refractivity contribution in [3.63, 3.8) is 0 Å². The van der Waals surface area contributed by atoms with E-state index in [2.05, 4.69) is 4.72 Å². The van der Waals surface area contributed by atoms with Gasteiger partial charge < -0.3 is 10.6 Å². The molecule has 0 aliphatic heterocycles. The molecule has 0 radical (unpaired) electrons. The average molecular weight is 285 g/mol. The lowest BCUT2D eigenvalue weighted by Gasteiger charge is -2.20. The minimum absolute atomic E-state index is 0.131. The van der Waals surface area contributed by atoms with Crippen LogP contribution in [-0.4, -0.2) is 40.0 Å². The van der Waals surface area contributed by atoms with E-state index in [0.717, 1.165) is 5.56 Å². The van der Waals surface area contributed by atoms with Crippen LogP contribution in [0.5, 0.6) is 0 Å². The summed E-state index contributed by atoms with van der Waals surface area (Å²) in [5.74, 6) is 0. The van der Waals surface area contributed by atoms with E-state index in [1.54, 1.807) is 18.2 Å². The van der Waals surface area contributed by atoms with Crippen LogP contribution in [0.25, 0.3) is 0 Å².